The van der Waals surface area contributed by atoms with Gasteiger partial charge in [-0.2, -0.15) is 4.98 Å². The molecule has 1 aromatic heterocycles. The highest BCUT2D eigenvalue weighted by Crippen LogP contribution is 2.30. The molecule has 2 N–H and O–H groups in total. The van der Waals surface area contributed by atoms with Gasteiger partial charge < -0.3 is 24.6 Å². The number of halogens is 1. The lowest BCUT2D eigenvalue weighted by atomic mass is 9.97. The Balaban J connectivity index is 0.00000280. The SMILES string of the molecule is CCNC(=NCc1noc(C(C)(C)C)n1)NCC1COc2ccccc2O1.I. The van der Waals surface area contributed by atoms with E-state index in [-0.39, 0.29) is 35.5 Å². The van der Waals surface area contributed by atoms with Gasteiger partial charge in [-0.25, -0.2) is 4.99 Å². The molecule has 1 atom stereocenters. The number of fused-ring (bicyclic) bond motifs is 1. The molecule has 28 heavy (non-hydrogen) atoms. The number of para-hydroxylation sites is 2. The first-order valence-corrected chi connectivity index (χ1v) is 9.19. The maximum atomic E-state index is 5.95. The van der Waals surface area contributed by atoms with Gasteiger partial charge in [0.1, 0.15) is 19.3 Å². The van der Waals surface area contributed by atoms with Gasteiger partial charge >= 0.3 is 0 Å². The molecule has 0 radical (unpaired) electrons. The van der Waals surface area contributed by atoms with Crippen LogP contribution in [-0.4, -0.2) is 41.9 Å². The maximum Gasteiger partial charge on any atom is 0.232 e. The van der Waals surface area contributed by atoms with E-state index in [9.17, 15) is 0 Å². The van der Waals surface area contributed by atoms with Crippen molar-refractivity contribution in [3.8, 4) is 11.5 Å². The van der Waals surface area contributed by atoms with E-state index < -0.39 is 0 Å². The zero-order chi connectivity index (χ0) is 19.3. The predicted molar refractivity (Wildman–Crippen MR) is 118 cm³/mol. The van der Waals surface area contributed by atoms with Crippen molar-refractivity contribution in [1.29, 1.82) is 0 Å². The first kappa shape index (κ1) is 22.3. The van der Waals surface area contributed by atoms with Gasteiger partial charge in [0.15, 0.2) is 23.3 Å². The van der Waals surface area contributed by atoms with Crippen LogP contribution in [0.3, 0.4) is 0 Å². The van der Waals surface area contributed by atoms with Gasteiger partial charge in [0.2, 0.25) is 5.89 Å². The monoisotopic (exact) mass is 501 g/mol. The van der Waals surface area contributed by atoms with Crippen LogP contribution in [0.2, 0.25) is 0 Å². The largest absolute Gasteiger partial charge is 0.486 e. The molecule has 8 nitrogen and oxygen atoms in total. The lowest BCUT2D eigenvalue weighted by Gasteiger charge is -2.27. The summed E-state index contributed by atoms with van der Waals surface area (Å²) in [5.74, 6) is 3.38. The first-order valence-electron chi connectivity index (χ1n) is 9.19. The quantitative estimate of drug-likeness (QED) is 0.370. The Hall–Kier alpha value is -2.04. The third-order valence-corrected chi connectivity index (χ3v) is 3.90. The summed E-state index contributed by atoms with van der Waals surface area (Å²) in [6.45, 7) is 10.2. The molecule has 0 fully saturated rings. The highest BCUT2D eigenvalue weighted by molar-refractivity contribution is 14.0. The van der Waals surface area contributed by atoms with Crippen molar-refractivity contribution in [1.82, 2.24) is 20.8 Å². The fourth-order valence-corrected chi connectivity index (χ4v) is 2.49. The topological polar surface area (TPSA) is 93.8 Å². The molecule has 3 rings (SSSR count). The maximum absolute atomic E-state index is 5.95. The van der Waals surface area contributed by atoms with Gasteiger partial charge in [0.25, 0.3) is 0 Å². The Labute approximate surface area is 182 Å². The minimum Gasteiger partial charge on any atom is -0.486 e. The predicted octanol–water partition coefficient (Wildman–Crippen LogP) is 2.88. The molecule has 0 aliphatic carbocycles. The van der Waals surface area contributed by atoms with E-state index in [0.717, 1.165) is 18.0 Å². The van der Waals surface area contributed by atoms with Crippen molar-refractivity contribution >= 4 is 29.9 Å². The Morgan fingerprint density at radius 2 is 1.96 bits per heavy atom. The second-order valence-corrected chi connectivity index (χ2v) is 7.34. The second kappa shape index (κ2) is 9.94. The minimum atomic E-state index is -0.174. The molecule has 0 spiro atoms. The van der Waals surface area contributed by atoms with Gasteiger partial charge in [0, 0.05) is 12.0 Å². The molecule has 2 aromatic rings. The summed E-state index contributed by atoms with van der Waals surface area (Å²) in [7, 11) is 0. The summed E-state index contributed by atoms with van der Waals surface area (Å²) in [4.78, 5) is 8.92. The highest BCUT2D eigenvalue weighted by Gasteiger charge is 2.22. The number of hydrogen-bond acceptors (Lipinski definition) is 6. The van der Waals surface area contributed by atoms with Crippen molar-refractivity contribution in [2.45, 2.75) is 45.8 Å². The van der Waals surface area contributed by atoms with Crippen molar-refractivity contribution in [3.63, 3.8) is 0 Å². The number of guanidine groups is 1. The third kappa shape index (κ3) is 5.98. The molecule has 0 saturated heterocycles. The molecular weight excluding hydrogens is 473 g/mol. The molecule has 0 bridgehead atoms. The van der Waals surface area contributed by atoms with Crippen molar-refractivity contribution in [2.24, 2.45) is 4.99 Å². The van der Waals surface area contributed by atoms with Crippen LogP contribution in [0.4, 0.5) is 0 Å². The van der Waals surface area contributed by atoms with Gasteiger partial charge in [-0.3, -0.25) is 0 Å². The zero-order valence-corrected chi connectivity index (χ0v) is 19.0. The number of nitrogens with zero attached hydrogens (tertiary/aromatic N) is 3. The van der Waals surface area contributed by atoms with Crippen LogP contribution in [0.1, 0.15) is 39.4 Å². The normalized spacial score (nSPS) is 16.3. The first-order chi connectivity index (χ1) is 13.0. The smallest absolute Gasteiger partial charge is 0.232 e. The van der Waals surface area contributed by atoms with Gasteiger partial charge in [-0.1, -0.05) is 38.1 Å². The summed E-state index contributed by atoms with van der Waals surface area (Å²) in [5.41, 5.74) is -0.174. The Kier molecular flexibility index (Phi) is 7.90. The molecule has 2 heterocycles. The van der Waals surface area contributed by atoms with E-state index in [0.29, 0.717) is 37.4 Å². The van der Waals surface area contributed by atoms with Crippen LogP contribution in [0.15, 0.2) is 33.8 Å². The van der Waals surface area contributed by atoms with Crippen molar-refractivity contribution in [3.05, 3.63) is 36.0 Å². The van der Waals surface area contributed by atoms with E-state index >= 15 is 0 Å². The molecule has 9 heteroatoms. The number of benzene rings is 1. The van der Waals surface area contributed by atoms with E-state index in [1.807, 2.05) is 52.0 Å². The summed E-state index contributed by atoms with van der Waals surface area (Å²) >= 11 is 0. The Morgan fingerprint density at radius 1 is 1.21 bits per heavy atom. The number of aliphatic imine (C=N–C) groups is 1. The van der Waals surface area contributed by atoms with Crippen LogP contribution in [0.25, 0.3) is 0 Å². The summed E-state index contributed by atoms with van der Waals surface area (Å²) in [6, 6.07) is 7.67. The Morgan fingerprint density at radius 3 is 2.64 bits per heavy atom. The molecule has 1 aliphatic rings. The molecule has 1 aromatic carbocycles. The van der Waals surface area contributed by atoms with Crippen LogP contribution < -0.4 is 20.1 Å². The van der Waals surface area contributed by atoms with Crippen LogP contribution in [0, 0.1) is 0 Å². The molecule has 0 amide bonds. The van der Waals surface area contributed by atoms with E-state index in [1.54, 1.807) is 0 Å². The lowest BCUT2D eigenvalue weighted by molar-refractivity contribution is 0.0936. The summed E-state index contributed by atoms with van der Waals surface area (Å²) in [5, 5.41) is 10.5. The molecule has 1 unspecified atom stereocenters. The number of aromatic nitrogens is 2. The molecule has 1 aliphatic heterocycles. The molecule has 154 valence electrons. The van der Waals surface area contributed by atoms with Gasteiger partial charge in [-0.05, 0) is 19.1 Å². The number of hydrogen-bond donors (Lipinski definition) is 2. The number of ether oxygens (including phenoxy) is 2. The molecule has 0 saturated carbocycles. The Bertz CT molecular complexity index is 788. The van der Waals surface area contributed by atoms with Crippen molar-refractivity contribution < 1.29 is 14.0 Å². The van der Waals surface area contributed by atoms with Gasteiger partial charge in [0.05, 0.1) is 6.54 Å². The van der Waals surface area contributed by atoms with Crippen LogP contribution >= 0.6 is 24.0 Å². The van der Waals surface area contributed by atoms with Crippen LogP contribution in [-0.2, 0) is 12.0 Å². The zero-order valence-electron chi connectivity index (χ0n) is 16.7. The summed E-state index contributed by atoms with van der Waals surface area (Å²) in [6.07, 6.45) is -0.0959. The molecular formula is C19H28IN5O3. The average molecular weight is 501 g/mol. The third-order valence-electron chi connectivity index (χ3n) is 3.90. The standard InChI is InChI=1S/C19H27N5O3.HI/c1-5-20-18(22-11-16-23-17(27-24-16)19(2,3)4)21-10-13-12-25-14-8-6-7-9-15(14)26-13;/h6-9,13H,5,10-12H2,1-4H3,(H2,20,21,22);1H. The van der Waals surface area contributed by atoms with Crippen molar-refractivity contribution in [2.75, 3.05) is 19.7 Å². The van der Waals surface area contributed by atoms with Crippen LogP contribution in [0.5, 0.6) is 11.5 Å². The van der Waals surface area contributed by atoms with E-state index in [4.69, 9.17) is 14.0 Å². The average Bonchev–Trinajstić information content (AvgIpc) is 3.13. The fourth-order valence-electron chi connectivity index (χ4n) is 2.49. The summed E-state index contributed by atoms with van der Waals surface area (Å²) < 4.78 is 17.0. The van der Waals surface area contributed by atoms with Gasteiger partial charge in [-0.15, -0.1) is 24.0 Å². The fraction of sp³-hybridized carbons (Fsp3) is 0.526. The number of nitrogens with one attached hydrogen (secondary N) is 2. The second-order valence-electron chi connectivity index (χ2n) is 7.34. The van der Waals surface area contributed by atoms with E-state index in [1.165, 1.54) is 0 Å². The highest BCUT2D eigenvalue weighted by atomic mass is 127. The van der Waals surface area contributed by atoms with E-state index in [2.05, 4.69) is 25.8 Å². The number of rotatable bonds is 5. The lowest BCUT2D eigenvalue weighted by Crippen LogP contribution is -2.45. The minimum absolute atomic E-state index is 0.